The van der Waals surface area contributed by atoms with E-state index in [-0.39, 0.29) is 40.0 Å². The largest absolute Gasteiger partial charge is 0.493 e. The van der Waals surface area contributed by atoms with Crippen molar-refractivity contribution in [2.24, 2.45) is 5.92 Å². The van der Waals surface area contributed by atoms with Crippen molar-refractivity contribution in [1.29, 1.82) is 0 Å². The van der Waals surface area contributed by atoms with E-state index < -0.39 is 0 Å². The van der Waals surface area contributed by atoms with Crippen LogP contribution in [0.2, 0.25) is 0 Å². The minimum absolute atomic E-state index is 0.135. The van der Waals surface area contributed by atoms with Crippen LogP contribution < -0.4 is 14.7 Å². The summed E-state index contributed by atoms with van der Waals surface area (Å²) in [7, 11) is 0. The molecule has 0 amide bonds. The highest BCUT2D eigenvalue weighted by atomic mass is 16.6. The van der Waals surface area contributed by atoms with E-state index in [9.17, 15) is 4.79 Å². The van der Waals surface area contributed by atoms with Gasteiger partial charge in [0.2, 0.25) is 0 Å². The first kappa shape index (κ1) is 43.9. The van der Waals surface area contributed by atoms with Crippen LogP contribution >= 0.6 is 0 Å². The molecule has 2 spiro atoms. The van der Waals surface area contributed by atoms with Gasteiger partial charge in [-0.1, -0.05) is 78.9 Å². The highest BCUT2D eigenvalue weighted by Gasteiger charge is 2.95. The Morgan fingerprint density at radius 3 is 1.95 bits per heavy atom. The molecule has 9 aromatic carbocycles. The molecule has 80 heavy (non-hydrogen) atoms. The second-order valence-electron chi connectivity index (χ2n) is 26.7. The summed E-state index contributed by atoms with van der Waals surface area (Å²) in [5.74, 6) is 2.80. The van der Waals surface area contributed by atoms with E-state index in [1.807, 2.05) is 18.2 Å². The number of allylic oxidation sites excluding steroid dienone is 6. The zero-order valence-corrected chi connectivity index (χ0v) is 45.1. The molecule has 8 heteroatoms. The molecular formula is C72H58O8. The van der Waals surface area contributed by atoms with E-state index >= 15 is 0 Å². The number of fused-ring (bicyclic) bond motifs is 5. The van der Waals surface area contributed by atoms with Crippen molar-refractivity contribution in [3.8, 4) is 11.5 Å². The molecule has 2 aliphatic heterocycles. The van der Waals surface area contributed by atoms with Gasteiger partial charge < -0.3 is 33.2 Å². The Balaban J connectivity index is 0.673. The Morgan fingerprint density at radius 1 is 0.600 bits per heavy atom. The van der Waals surface area contributed by atoms with Gasteiger partial charge in [-0.15, -0.1) is 0 Å². The quantitative estimate of drug-likeness (QED) is 0.0450. The number of carbonyl (C=O) groups is 1. The summed E-state index contributed by atoms with van der Waals surface area (Å²) in [6.45, 7) is 8.97. The van der Waals surface area contributed by atoms with Gasteiger partial charge in [0.25, 0.3) is 0 Å². The first-order valence-electron chi connectivity index (χ1n) is 30.0. The highest BCUT2D eigenvalue weighted by molar-refractivity contribution is 6.49. The molecule has 1 saturated carbocycles. The lowest BCUT2D eigenvalue weighted by atomic mass is 9.65. The third-order valence-corrected chi connectivity index (χ3v) is 23.1. The van der Waals surface area contributed by atoms with Crippen molar-refractivity contribution in [3.63, 3.8) is 0 Å². The van der Waals surface area contributed by atoms with Crippen LogP contribution in [0.4, 0.5) is 0 Å². The molecule has 12 aliphatic rings. The first-order chi connectivity index (χ1) is 39.3. The summed E-state index contributed by atoms with van der Waals surface area (Å²) in [5, 5.41) is 20.5. The summed E-state index contributed by atoms with van der Waals surface area (Å²) in [4.78, 5) is 14.5. The zero-order chi connectivity index (χ0) is 52.1. The topological polar surface area (TPSA) is 81.7 Å². The maximum absolute atomic E-state index is 14.5. The third kappa shape index (κ3) is 4.50. The van der Waals surface area contributed by atoms with Crippen LogP contribution in [0.25, 0.3) is 87.4 Å². The van der Waals surface area contributed by atoms with Crippen molar-refractivity contribution >= 4 is 93.4 Å². The number of esters is 1. The fourth-order valence-corrected chi connectivity index (χ4v) is 20.9. The van der Waals surface area contributed by atoms with Gasteiger partial charge in [-0.3, -0.25) is 4.79 Å². The molecule has 3 fully saturated rings. The van der Waals surface area contributed by atoms with Gasteiger partial charge in [0.1, 0.15) is 29.3 Å². The average Bonchev–Trinajstić information content (AvgIpc) is 1.39. The normalized spacial score (nSPS) is 28.8. The van der Waals surface area contributed by atoms with Gasteiger partial charge in [-0.05, 0) is 206 Å². The average molecular weight is 1050 g/mol. The van der Waals surface area contributed by atoms with E-state index in [2.05, 4.69) is 92.7 Å². The van der Waals surface area contributed by atoms with E-state index in [1.54, 1.807) is 98.2 Å². The lowest BCUT2D eigenvalue weighted by molar-refractivity contribution is -0.199. The fourth-order valence-electron chi connectivity index (χ4n) is 20.9. The minimum atomic E-state index is -0.271. The number of rotatable bonds is 19. The molecule has 8 nitrogen and oxygen atoms in total. The van der Waals surface area contributed by atoms with Crippen LogP contribution in [-0.2, 0) is 51.3 Å². The molecule has 0 aromatic heterocycles. The van der Waals surface area contributed by atoms with Gasteiger partial charge in [0, 0.05) is 53.4 Å². The van der Waals surface area contributed by atoms with Crippen LogP contribution in [0, 0.1) is 5.92 Å². The standard InChI is InChI=1S/C72H58O8/c1-68(31-74-32-68)79-25-7-23-76-37-27-35(28-38(29-37)77-24-8-26-80-69(2)33-75-34-69)30-78-49(73)11-6-22-70(36-9-4-3-5-10-36)71-47-20-21-48-46-19-17-44-42-15-13-40-39-12-14-41-43-16-18-45(47)56-54(43)59-52(41)50(39)58-51(40)53(42)60-55(44)57(46)67(72(48,70)71)65-63(60)61(58)62(59)64(65)66(56)71/h3-5,9-10,12-18,20,27-29,46,48,50,52H,6-8,11,19,21-26,30-34H2,1-2H3. The van der Waals surface area contributed by atoms with E-state index in [0.717, 1.165) is 44.1 Å². The molecule has 0 bridgehead atoms. The van der Waals surface area contributed by atoms with E-state index in [1.165, 1.54) is 38.4 Å². The third-order valence-electron chi connectivity index (χ3n) is 23.1. The van der Waals surface area contributed by atoms with Crippen LogP contribution in [0.15, 0.2) is 91.0 Å². The van der Waals surface area contributed by atoms with E-state index in [4.69, 9.17) is 33.2 Å². The molecule has 0 radical (unpaired) electrons. The maximum atomic E-state index is 14.5. The molecule has 7 unspecified atom stereocenters. The van der Waals surface area contributed by atoms with Crippen molar-refractivity contribution < 1.29 is 38.0 Å². The van der Waals surface area contributed by atoms with Gasteiger partial charge in [-0.25, -0.2) is 0 Å². The second kappa shape index (κ2) is 14.1. The van der Waals surface area contributed by atoms with Crippen LogP contribution in [0.1, 0.15) is 132 Å². The molecular weight excluding hydrogens is 993 g/mol. The number of hydrogen-bond donors (Lipinski definition) is 0. The first-order valence-corrected chi connectivity index (χ1v) is 30.0. The zero-order valence-electron chi connectivity index (χ0n) is 45.1. The molecule has 2 heterocycles. The molecule has 394 valence electrons. The molecule has 7 atom stereocenters. The molecule has 9 aromatic rings. The summed E-state index contributed by atoms with van der Waals surface area (Å²) >= 11 is 0. The van der Waals surface area contributed by atoms with Crippen molar-refractivity contribution in [2.75, 3.05) is 52.9 Å². The van der Waals surface area contributed by atoms with Crippen LogP contribution in [0.5, 0.6) is 11.5 Å². The predicted octanol–water partition coefficient (Wildman–Crippen LogP) is 13.4. The number of hydrogen-bond acceptors (Lipinski definition) is 8. The predicted molar refractivity (Wildman–Crippen MR) is 311 cm³/mol. The van der Waals surface area contributed by atoms with Crippen LogP contribution in [0.3, 0.4) is 0 Å². The smallest absolute Gasteiger partial charge is 0.306 e. The van der Waals surface area contributed by atoms with Crippen molar-refractivity contribution in [3.05, 3.63) is 152 Å². The fraction of sp³-hybridized carbons (Fsp3) is 0.375. The summed E-state index contributed by atoms with van der Waals surface area (Å²) in [6, 6.07) is 27.9. The second-order valence-corrected chi connectivity index (χ2v) is 26.7. The SMILES string of the molecule is CC1(OCCCOc2cc(COC(=O)CCCC3(c4ccccc4)C45C6=CCC7C8CC=c9c%10ccc%11c%12c%13c%14c%15c%16c%17c(ccc6c%17c4c%15c4c(c8c9c(c%12%10)c4%14)C735)C3=CC=C%11C%13C3%16)cc(OCCCOC3(C)COC3)c2)COC1. The molecule has 21 rings (SSSR count). The number of ether oxygens (including phenoxy) is 7. The van der Waals surface area contributed by atoms with Gasteiger partial charge >= 0.3 is 5.97 Å². The van der Waals surface area contributed by atoms with Gasteiger partial charge in [-0.2, -0.15) is 0 Å². The monoisotopic (exact) mass is 1050 g/mol. The number of benzene rings is 7. The Bertz CT molecular complexity index is 4580. The summed E-state index contributed by atoms with van der Waals surface area (Å²) < 4.78 is 41.9. The van der Waals surface area contributed by atoms with Crippen molar-refractivity contribution in [1.82, 2.24) is 0 Å². The Morgan fingerprint density at radius 2 is 1.25 bits per heavy atom. The molecule has 0 N–H and O–H groups in total. The van der Waals surface area contributed by atoms with Gasteiger partial charge in [0.05, 0.1) is 52.9 Å². The minimum Gasteiger partial charge on any atom is -0.493 e. The number of carbonyl (C=O) groups excluding carboxylic acids is 1. The Hall–Kier alpha value is -6.81. The maximum Gasteiger partial charge on any atom is 0.306 e. The molecule has 10 aliphatic carbocycles. The summed E-state index contributed by atoms with van der Waals surface area (Å²) in [6.07, 6.45) is 16.1. The Labute approximate surface area is 461 Å². The van der Waals surface area contributed by atoms with Crippen LogP contribution in [-0.4, -0.2) is 70.0 Å². The van der Waals surface area contributed by atoms with Crippen molar-refractivity contribution in [2.45, 2.75) is 111 Å². The van der Waals surface area contributed by atoms with E-state index in [0.29, 0.717) is 94.4 Å². The summed E-state index contributed by atoms with van der Waals surface area (Å²) in [5.41, 5.74) is 18.7. The molecule has 2 saturated heterocycles. The lowest BCUT2D eigenvalue weighted by Gasteiger charge is -2.37. The Kier molecular flexibility index (Phi) is 7.73. The lowest BCUT2D eigenvalue weighted by Crippen LogP contribution is -2.49. The van der Waals surface area contributed by atoms with Gasteiger partial charge in [0.15, 0.2) is 0 Å². The highest BCUT2D eigenvalue weighted by Crippen LogP contribution is 2.96.